The van der Waals surface area contributed by atoms with Gasteiger partial charge in [0.15, 0.2) is 5.75 Å². The van der Waals surface area contributed by atoms with E-state index in [0.717, 1.165) is 0 Å². The Morgan fingerprint density at radius 3 is 2.52 bits per heavy atom. The first-order valence-electron chi connectivity index (χ1n) is 6.63. The first kappa shape index (κ1) is 15.0. The molecule has 0 radical (unpaired) electrons. The second kappa shape index (κ2) is 6.49. The normalized spacial score (nSPS) is 10.7. The third-order valence-electron chi connectivity index (χ3n) is 3.05. The fourth-order valence-electron chi connectivity index (χ4n) is 2.01. The summed E-state index contributed by atoms with van der Waals surface area (Å²) < 4.78 is 34.5. The van der Waals surface area contributed by atoms with Crippen LogP contribution in [-0.4, -0.2) is 25.5 Å². The Hall–Kier alpha value is -2.87. The smallest absolute Gasteiger partial charge is 0.222 e. The summed E-state index contributed by atoms with van der Waals surface area (Å²) >= 11 is 0. The van der Waals surface area contributed by atoms with Gasteiger partial charge in [0.1, 0.15) is 17.0 Å². The lowest BCUT2D eigenvalue weighted by Gasteiger charge is -2.09. The maximum Gasteiger partial charge on any atom is 0.222 e. The van der Waals surface area contributed by atoms with Crippen molar-refractivity contribution in [2.45, 2.75) is 0 Å². The number of anilines is 1. The van der Waals surface area contributed by atoms with Gasteiger partial charge in [-0.1, -0.05) is 0 Å². The Bertz CT molecular complexity index is 902. The van der Waals surface area contributed by atoms with E-state index in [-0.39, 0.29) is 0 Å². The lowest BCUT2D eigenvalue weighted by atomic mass is 10.3. The van der Waals surface area contributed by atoms with Crippen molar-refractivity contribution in [3.63, 3.8) is 0 Å². The van der Waals surface area contributed by atoms with E-state index in [1.54, 1.807) is 55.9 Å². The Morgan fingerprint density at radius 1 is 1.04 bits per heavy atom. The van der Waals surface area contributed by atoms with Crippen molar-refractivity contribution in [3.05, 3.63) is 48.8 Å². The molecule has 2 aromatic heterocycles. The molecule has 0 fully saturated rings. The number of rotatable bonds is 5. The zero-order valence-electron chi connectivity index (χ0n) is 12.1. The predicted molar refractivity (Wildman–Crippen MR) is 86.5 cm³/mol. The highest BCUT2D eigenvalue weighted by Gasteiger charge is 2.07. The number of hydrogen-bond acceptors (Lipinski definition) is 6. The molecule has 7 nitrogen and oxygen atoms in total. The van der Waals surface area contributed by atoms with E-state index in [1.165, 1.54) is 0 Å². The molecular formula is C15H13N3O4S. The summed E-state index contributed by atoms with van der Waals surface area (Å²) in [5.74, 6) is 1.72. The van der Waals surface area contributed by atoms with Crippen LogP contribution < -0.4 is 14.2 Å². The van der Waals surface area contributed by atoms with E-state index in [2.05, 4.69) is 14.7 Å². The van der Waals surface area contributed by atoms with E-state index in [9.17, 15) is 8.42 Å². The molecule has 23 heavy (non-hydrogen) atoms. The van der Waals surface area contributed by atoms with Crippen LogP contribution in [0.15, 0.2) is 48.8 Å². The number of nitrogens with one attached hydrogen (secondary N) is 1. The molecule has 0 atom stereocenters. The second-order valence-electron chi connectivity index (χ2n) is 4.55. The van der Waals surface area contributed by atoms with Gasteiger partial charge < -0.3 is 9.47 Å². The van der Waals surface area contributed by atoms with Crippen molar-refractivity contribution in [1.29, 1.82) is 0 Å². The summed E-state index contributed by atoms with van der Waals surface area (Å²) in [7, 11) is -1.12. The minimum atomic E-state index is -2.68. The monoisotopic (exact) mass is 331 g/mol. The standard InChI is InChI=1S/C15H13N3O4S/c1-21-12-8-13-15(17-9-12)14(6-7-16-13)22-11-4-2-10(3-5-11)18-23(19)20/h2-9,23H,1H3,(H,18,19,20). The van der Waals surface area contributed by atoms with Crippen molar-refractivity contribution < 1.29 is 17.9 Å². The molecule has 0 saturated heterocycles. The summed E-state index contributed by atoms with van der Waals surface area (Å²) in [5.41, 5.74) is 1.73. The highest BCUT2D eigenvalue weighted by molar-refractivity contribution is 7.73. The minimum Gasteiger partial charge on any atom is -0.495 e. The van der Waals surface area contributed by atoms with Crippen molar-refractivity contribution in [2.75, 3.05) is 11.8 Å². The fourth-order valence-corrected chi connectivity index (χ4v) is 2.37. The van der Waals surface area contributed by atoms with Gasteiger partial charge in [-0.05, 0) is 24.3 Å². The van der Waals surface area contributed by atoms with E-state index >= 15 is 0 Å². The van der Waals surface area contributed by atoms with Crippen LogP contribution in [0.1, 0.15) is 0 Å². The topological polar surface area (TPSA) is 90.4 Å². The predicted octanol–water partition coefficient (Wildman–Crippen LogP) is 2.37. The van der Waals surface area contributed by atoms with Gasteiger partial charge in [-0.3, -0.25) is 9.71 Å². The Labute approximate surface area is 134 Å². The van der Waals surface area contributed by atoms with Crippen LogP contribution in [0.3, 0.4) is 0 Å². The van der Waals surface area contributed by atoms with E-state index in [1.807, 2.05) is 0 Å². The summed E-state index contributed by atoms with van der Waals surface area (Å²) in [5, 5.41) is 0. The molecule has 0 aliphatic carbocycles. The van der Waals surface area contributed by atoms with Gasteiger partial charge >= 0.3 is 0 Å². The zero-order valence-corrected chi connectivity index (χ0v) is 13.0. The van der Waals surface area contributed by atoms with Gasteiger partial charge in [-0.15, -0.1) is 0 Å². The summed E-state index contributed by atoms with van der Waals surface area (Å²) in [6.07, 6.45) is 3.21. The highest BCUT2D eigenvalue weighted by Crippen LogP contribution is 2.29. The van der Waals surface area contributed by atoms with Crippen molar-refractivity contribution in [3.8, 4) is 17.2 Å². The van der Waals surface area contributed by atoms with E-state index < -0.39 is 10.9 Å². The van der Waals surface area contributed by atoms with Gasteiger partial charge in [-0.2, -0.15) is 0 Å². The summed E-state index contributed by atoms with van der Waals surface area (Å²) in [6, 6.07) is 10.0. The third kappa shape index (κ3) is 3.49. The number of hydrogen-bond donors (Lipinski definition) is 2. The zero-order chi connectivity index (χ0) is 16.2. The largest absolute Gasteiger partial charge is 0.495 e. The van der Waals surface area contributed by atoms with Gasteiger partial charge in [0.05, 0.1) is 18.8 Å². The van der Waals surface area contributed by atoms with Crippen LogP contribution in [0.4, 0.5) is 5.69 Å². The summed E-state index contributed by atoms with van der Waals surface area (Å²) in [6.45, 7) is 0. The van der Waals surface area contributed by atoms with Crippen LogP contribution in [-0.2, 0) is 10.9 Å². The molecule has 0 unspecified atom stereocenters. The van der Waals surface area contributed by atoms with Crippen molar-refractivity contribution >= 4 is 27.6 Å². The molecule has 2 heterocycles. The number of methoxy groups -OCH3 is 1. The lowest BCUT2D eigenvalue weighted by Crippen LogP contribution is -1.95. The first-order chi connectivity index (χ1) is 11.2. The molecule has 3 rings (SSSR count). The van der Waals surface area contributed by atoms with Crippen LogP contribution in [0, 0.1) is 0 Å². The molecule has 1 aromatic carbocycles. The Balaban J connectivity index is 1.89. The van der Waals surface area contributed by atoms with Gasteiger partial charge in [-0.25, -0.2) is 13.4 Å². The molecule has 3 aromatic rings. The lowest BCUT2D eigenvalue weighted by molar-refractivity contribution is 0.413. The average Bonchev–Trinajstić information content (AvgIpc) is 2.56. The Kier molecular flexibility index (Phi) is 4.24. The van der Waals surface area contributed by atoms with Gasteiger partial charge in [0, 0.05) is 24.0 Å². The Morgan fingerprint density at radius 2 is 1.83 bits per heavy atom. The molecule has 0 bridgehead atoms. The molecule has 8 heteroatoms. The van der Waals surface area contributed by atoms with Crippen LogP contribution >= 0.6 is 0 Å². The number of aromatic nitrogens is 2. The summed E-state index contributed by atoms with van der Waals surface area (Å²) in [4.78, 5) is 8.54. The van der Waals surface area contributed by atoms with Crippen molar-refractivity contribution in [1.82, 2.24) is 9.97 Å². The minimum absolute atomic E-state index is 0.468. The molecular weight excluding hydrogens is 318 g/mol. The fraction of sp³-hybridized carbons (Fsp3) is 0.0667. The first-order valence-corrected chi connectivity index (χ1v) is 7.81. The molecule has 0 aliphatic heterocycles. The van der Waals surface area contributed by atoms with Crippen LogP contribution in [0.2, 0.25) is 0 Å². The number of ether oxygens (including phenoxy) is 2. The highest BCUT2D eigenvalue weighted by atomic mass is 32.2. The maximum absolute atomic E-state index is 10.6. The maximum atomic E-state index is 10.6. The molecule has 0 spiro atoms. The van der Waals surface area contributed by atoms with E-state index in [4.69, 9.17) is 9.47 Å². The number of nitrogens with zero attached hydrogens (tertiary/aromatic N) is 2. The van der Waals surface area contributed by atoms with Crippen molar-refractivity contribution in [2.24, 2.45) is 0 Å². The number of fused-ring (bicyclic) bond motifs is 1. The number of pyridine rings is 2. The molecule has 0 aliphatic rings. The average molecular weight is 331 g/mol. The quantitative estimate of drug-likeness (QED) is 0.698. The van der Waals surface area contributed by atoms with Crippen LogP contribution in [0.5, 0.6) is 17.2 Å². The third-order valence-corrected chi connectivity index (χ3v) is 3.49. The van der Waals surface area contributed by atoms with Gasteiger partial charge in [0.2, 0.25) is 10.9 Å². The SMILES string of the molecule is COc1cnc2c(Oc3ccc(N[SH](=O)=O)cc3)ccnc2c1. The molecule has 0 amide bonds. The number of benzene rings is 1. The second-order valence-corrected chi connectivity index (χ2v) is 5.29. The number of thiol groups is 1. The molecule has 118 valence electrons. The molecule has 0 saturated carbocycles. The van der Waals surface area contributed by atoms with Crippen LogP contribution in [0.25, 0.3) is 11.0 Å². The van der Waals surface area contributed by atoms with E-state index in [0.29, 0.717) is 34.0 Å². The molecule has 1 N–H and O–H groups in total. The van der Waals surface area contributed by atoms with Gasteiger partial charge in [0.25, 0.3) is 0 Å².